The van der Waals surface area contributed by atoms with Crippen LogP contribution in [0.1, 0.15) is 19.3 Å². The number of rotatable bonds is 5. The predicted octanol–water partition coefficient (Wildman–Crippen LogP) is 0.475. The second-order valence-corrected chi connectivity index (χ2v) is 4.18. The number of hydrogen-bond acceptors (Lipinski definition) is 4. The first-order chi connectivity index (χ1) is 8.63. The quantitative estimate of drug-likeness (QED) is 0.795. The molecule has 1 aromatic heterocycles. The highest BCUT2D eigenvalue weighted by Crippen LogP contribution is 2.15. The summed E-state index contributed by atoms with van der Waals surface area (Å²) >= 11 is 0. The maximum atomic E-state index is 11.6. The maximum Gasteiger partial charge on any atom is 0.325 e. The highest BCUT2D eigenvalue weighted by Gasteiger charge is 2.19. The van der Waals surface area contributed by atoms with Crippen molar-refractivity contribution in [3.05, 3.63) is 12.3 Å². The number of ether oxygens (including phenoxy) is 1. The van der Waals surface area contributed by atoms with Gasteiger partial charge in [-0.1, -0.05) is 0 Å². The first kappa shape index (κ1) is 12.6. The van der Waals surface area contributed by atoms with Crippen molar-refractivity contribution in [2.24, 2.45) is 0 Å². The Bertz CT molecular complexity index is 437. The van der Waals surface area contributed by atoms with Gasteiger partial charge in [-0.05, 0) is 12.8 Å². The molecular formula is C11H15N3O4. The summed E-state index contributed by atoms with van der Waals surface area (Å²) < 4.78 is 6.61. The van der Waals surface area contributed by atoms with E-state index in [1.807, 2.05) is 0 Å². The van der Waals surface area contributed by atoms with Gasteiger partial charge in [0.1, 0.15) is 6.54 Å². The third kappa shape index (κ3) is 3.56. The van der Waals surface area contributed by atoms with Crippen molar-refractivity contribution in [3.63, 3.8) is 0 Å². The van der Waals surface area contributed by atoms with Gasteiger partial charge in [0.15, 0.2) is 5.82 Å². The molecule has 1 aromatic rings. The lowest BCUT2D eigenvalue weighted by Gasteiger charge is -2.07. The molecule has 18 heavy (non-hydrogen) atoms. The number of hydrogen-bond donors (Lipinski definition) is 2. The number of nitrogens with zero attached hydrogens (tertiary/aromatic N) is 2. The molecule has 2 N–H and O–H groups in total. The first-order valence-electron chi connectivity index (χ1n) is 5.80. The van der Waals surface area contributed by atoms with Gasteiger partial charge in [-0.25, -0.2) is 0 Å². The van der Waals surface area contributed by atoms with Gasteiger partial charge in [0.25, 0.3) is 0 Å². The molecule has 0 unspecified atom stereocenters. The lowest BCUT2D eigenvalue weighted by Crippen LogP contribution is -2.19. The van der Waals surface area contributed by atoms with Crippen molar-refractivity contribution >= 4 is 17.7 Å². The molecule has 0 aliphatic carbocycles. The van der Waals surface area contributed by atoms with Gasteiger partial charge in [-0.15, -0.1) is 0 Å². The summed E-state index contributed by atoms with van der Waals surface area (Å²) in [5.41, 5.74) is 0. The van der Waals surface area contributed by atoms with Crippen LogP contribution in [0.15, 0.2) is 12.3 Å². The van der Waals surface area contributed by atoms with E-state index < -0.39 is 5.97 Å². The molecule has 98 valence electrons. The van der Waals surface area contributed by atoms with Gasteiger partial charge in [0.05, 0.1) is 12.5 Å². The van der Waals surface area contributed by atoms with E-state index in [-0.39, 0.29) is 18.6 Å². The molecule has 1 aliphatic heterocycles. The van der Waals surface area contributed by atoms with Crippen molar-refractivity contribution in [1.82, 2.24) is 9.78 Å². The summed E-state index contributed by atoms with van der Waals surface area (Å²) in [6.45, 7) is 0.493. The van der Waals surface area contributed by atoms with Crippen LogP contribution < -0.4 is 5.32 Å². The number of anilines is 1. The Hall–Kier alpha value is -1.89. The summed E-state index contributed by atoms with van der Waals surface area (Å²) in [5.74, 6) is -0.781. The molecule has 1 fully saturated rings. The molecular weight excluding hydrogens is 238 g/mol. The Morgan fingerprint density at radius 3 is 3.11 bits per heavy atom. The summed E-state index contributed by atoms with van der Waals surface area (Å²) in [5, 5.41) is 15.1. The second kappa shape index (κ2) is 5.63. The van der Waals surface area contributed by atoms with Crippen LogP contribution in [0.5, 0.6) is 0 Å². The minimum atomic E-state index is -0.977. The zero-order chi connectivity index (χ0) is 13.0. The number of carboxylic acid groups (broad SMARTS) is 1. The smallest absolute Gasteiger partial charge is 0.325 e. The molecule has 1 atom stereocenters. The number of carbonyl (C=O) groups excluding carboxylic acids is 1. The Morgan fingerprint density at radius 1 is 1.61 bits per heavy atom. The fourth-order valence-corrected chi connectivity index (χ4v) is 1.86. The molecule has 2 heterocycles. The minimum Gasteiger partial charge on any atom is -0.480 e. The van der Waals surface area contributed by atoms with Crippen LogP contribution in [0, 0.1) is 0 Å². The molecule has 2 rings (SSSR count). The molecule has 0 aromatic carbocycles. The molecule has 7 nitrogen and oxygen atoms in total. The van der Waals surface area contributed by atoms with E-state index in [9.17, 15) is 9.59 Å². The number of aliphatic carboxylic acids is 1. The maximum absolute atomic E-state index is 11.6. The van der Waals surface area contributed by atoms with Crippen molar-refractivity contribution in [2.45, 2.75) is 31.9 Å². The lowest BCUT2D eigenvalue weighted by molar-refractivity contribution is -0.137. The molecule has 7 heteroatoms. The van der Waals surface area contributed by atoms with Gasteiger partial charge in [0.2, 0.25) is 5.91 Å². The Kier molecular flexibility index (Phi) is 3.93. The SMILES string of the molecule is O=C(O)Cn1ccc(NC(=O)C[C@H]2CCCO2)n1. The van der Waals surface area contributed by atoms with Gasteiger partial charge in [-0.3, -0.25) is 14.3 Å². The number of nitrogens with one attached hydrogen (secondary N) is 1. The van der Waals surface area contributed by atoms with Crippen molar-refractivity contribution in [3.8, 4) is 0 Å². The Labute approximate surface area is 104 Å². The fourth-order valence-electron chi connectivity index (χ4n) is 1.86. The minimum absolute atomic E-state index is 0.00824. The van der Waals surface area contributed by atoms with Gasteiger partial charge >= 0.3 is 5.97 Å². The molecule has 0 saturated carbocycles. The second-order valence-electron chi connectivity index (χ2n) is 4.18. The van der Waals surface area contributed by atoms with Crippen LogP contribution in [0.25, 0.3) is 0 Å². The normalized spacial score (nSPS) is 18.8. The molecule has 0 spiro atoms. The monoisotopic (exact) mass is 253 g/mol. The highest BCUT2D eigenvalue weighted by atomic mass is 16.5. The molecule has 0 radical (unpaired) electrons. The predicted molar refractivity (Wildman–Crippen MR) is 62.1 cm³/mol. The largest absolute Gasteiger partial charge is 0.480 e. The van der Waals surface area contributed by atoms with Gasteiger partial charge < -0.3 is 15.2 Å². The standard InChI is InChI=1S/C11H15N3O4/c15-10(6-8-2-1-5-18-8)12-9-3-4-14(13-9)7-11(16)17/h3-4,8H,1-2,5-7H2,(H,16,17)(H,12,13,15)/t8-/m1/s1. The molecule has 1 amide bonds. The zero-order valence-corrected chi connectivity index (χ0v) is 9.83. The highest BCUT2D eigenvalue weighted by molar-refractivity contribution is 5.90. The van der Waals surface area contributed by atoms with E-state index in [1.165, 1.54) is 10.9 Å². The van der Waals surface area contributed by atoms with E-state index in [2.05, 4.69) is 10.4 Å². The Balaban J connectivity index is 1.82. The van der Waals surface area contributed by atoms with Crippen LogP contribution in [0.3, 0.4) is 0 Å². The average molecular weight is 253 g/mol. The summed E-state index contributed by atoms with van der Waals surface area (Å²) in [7, 11) is 0. The van der Waals surface area contributed by atoms with Crippen LogP contribution >= 0.6 is 0 Å². The van der Waals surface area contributed by atoms with E-state index in [1.54, 1.807) is 6.07 Å². The van der Waals surface area contributed by atoms with Gasteiger partial charge in [-0.2, -0.15) is 5.10 Å². The van der Waals surface area contributed by atoms with Crippen LogP contribution in [-0.4, -0.2) is 39.5 Å². The van der Waals surface area contributed by atoms with Gasteiger partial charge in [0, 0.05) is 18.9 Å². The van der Waals surface area contributed by atoms with Crippen molar-refractivity contribution in [2.75, 3.05) is 11.9 Å². The number of amides is 1. The van der Waals surface area contributed by atoms with E-state index >= 15 is 0 Å². The van der Waals surface area contributed by atoms with Crippen LogP contribution in [0.4, 0.5) is 5.82 Å². The number of carbonyl (C=O) groups is 2. The fraction of sp³-hybridized carbons (Fsp3) is 0.545. The molecule has 1 aliphatic rings. The van der Waals surface area contributed by atoms with Crippen molar-refractivity contribution < 1.29 is 19.4 Å². The van der Waals surface area contributed by atoms with Crippen molar-refractivity contribution in [1.29, 1.82) is 0 Å². The van der Waals surface area contributed by atoms with E-state index in [4.69, 9.17) is 9.84 Å². The lowest BCUT2D eigenvalue weighted by atomic mass is 10.2. The number of aromatic nitrogens is 2. The topological polar surface area (TPSA) is 93.5 Å². The summed E-state index contributed by atoms with van der Waals surface area (Å²) in [6.07, 6.45) is 3.71. The third-order valence-corrected chi connectivity index (χ3v) is 2.64. The molecule has 1 saturated heterocycles. The van der Waals surface area contributed by atoms with E-state index in [0.717, 1.165) is 12.8 Å². The summed E-state index contributed by atoms with van der Waals surface area (Å²) in [6, 6.07) is 1.57. The first-order valence-corrected chi connectivity index (χ1v) is 5.80. The average Bonchev–Trinajstić information content (AvgIpc) is 2.89. The zero-order valence-electron chi connectivity index (χ0n) is 9.83. The Morgan fingerprint density at radius 2 is 2.44 bits per heavy atom. The third-order valence-electron chi connectivity index (χ3n) is 2.64. The van der Waals surface area contributed by atoms with Crippen LogP contribution in [0.2, 0.25) is 0 Å². The van der Waals surface area contributed by atoms with E-state index in [0.29, 0.717) is 18.8 Å². The molecule has 0 bridgehead atoms. The van der Waals surface area contributed by atoms with Crippen LogP contribution in [-0.2, 0) is 20.9 Å². The number of carboxylic acids is 1. The summed E-state index contributed by atoms with van der Waals surface area (Å²) in [4.78, 5) is 22.1.